The third kappa shape index (κ3) is 2.16. The number of carbonyl (C=O) groups excluding carboxylic acids is 1. The van der Waals surface area contributed by atoms with Crippen molar-refractivity contribution in [3.05, 3.63) is 0 Å². The maximum Gasteiger partial charge on any atom is 0.230 e. The van der Waals surface area contributed by atoms with Gasteiger partial charge >= 0.3 is 0 Å². The van der Waals surface area contributed by atoms with Crippen LogP contribution in [-0.2, 0) is 9.53 Å². The van der Waals surface area contributed by atoms with Crippen molar-refractivity contribution in [1.29, 1.82) is 0 Å². The highest BCUT2D eigenvalue weighted by Crippen LogP contribution is 2.48. The summed E-state index contributed by atoms with van der Waals surface area (Å²) in [4.78, 5) is 14.9. The number of likely N-dealkylation sites (tertiary alicyclic amines) is 1. The molecule has 4 unspecified atom stereocenters. The van der Waals surface area contributed by atoms with Gasteiger partial charge in [0.15, 0.2) is 0 Å². The van der Waals surface area contributed by atoms with Gasteiger partial charge in [0.25, 0.3) is 0 Å². The Morgan fingerprint density at radius 3 is 2.10 bits per heavy atom. The largest absolute Gasteiger partial charge is 0.374 e. The highest BCUT2D eigenvalue weighted by Gasteiger charge is 2.55. The third-order valence-corrected chi connectivity index (χ3v) is 5.94. The maximum atomic E-state index is 12.8. The van der Waals surface area contributed by atoms with Gasteiger partial charge in [0.2, 0.25) is 5.91 Å². The van der Waals surface area contributed by atoms with Crippen LogP contribution >= 0.6 is 12.4 Å². The topological polar surface area (TPSA) is 55.6 Å². The number of nitrogens with two attached hydrogens (primary N) is 1. The van der Waals surface area contributed by atoms with Crippen molar-refractivity contribution < 1.29 is 9.53 Å². The summed E-state index contributed by atoms with van der Waals surface area (Å²) in [5.41, 5.74) is 5.57. The fourth-order valence-corrected chi connectivity index (χ4v) is 4.39. The van der Waals surface area contributed by atoms with Crippen LogP contribution in [0.2, 0.25) is 0 Å². The molecule has 2 N–H and O–H groups in total. The number of nitrogens with zero attached hydrogens (tertiary/aromatic N) is 1. The predicted octanol–water partition coefficient (Wildman–Crippen LogP) is 1.81. The van der Waals surface area contributed by atoms with E-state index in [0.29, 0.717) is 30.6 Å². The van der Waals surface area contributed by atoms with Crippen molar-refractivity contribution in [2.45, 2.75) is 51.7 Å². The summed E-state index contributed by atoms with van der Waals surface area (Å²) in [6, 6.07) is 0. The lowest BCUT2D eigenvalue weighted by atomic mass is 9.81. The van der Waals surface area contributed by atoms with Crippen LogP contribution in [0.1, 0.15) is 39.5 Å². The predicted molar refractivity (Wildman–Crippen MR) is 80.8 cm³/mol. The Labute approximate surface area is 127 Å². The van der Waals surface area contributed by atoms with E-state index in [1.54, 1.807) is 0 Å². The molecule has 3 saturated heterocycles. The van der Waals surface area contributed by atoms with Gasteiger partial charge in [-0.3, -0.25) is 4.79 Å². The number of halogens is 1. The van der Waals surface area contributed by atoms with E-state index in [0.717, 1.165) is 25.9 Å². The second-order valence-corrected chi connectivity index (χ2v) is 6.52. The van der Waals surface area contributed by atoms with Gasteiger partial charge in [-0.15, -0.1) is 12.4 Å². The molecule has 116 valence electrons. The van der Waals surface area contributed by atoms with E-state index < -0.39 is 0 Å². The zero-order valence-electron chi connectivity index (χ0n) is 12.5. The lowest BCUT2D eigenvalue weighted by Gasteiger charge is -2.33. The molecule has 1 amide bonds. The van der Waals surface area contributed by atoms with Crippen molar-refractivity contribution in [3.8, 4) is 0 Å². The molecule has 0 spiro atoms. The minimum absolute atomic E-state index is 0. The van der Waals surface area contributed by atoms with E-state index in [-0.39, 0.29) is 23.7 Å². The average molecular weight is 303 g/mol. The first-order valence-electron chi connectivity index (χ1n) is 7.80. The fraction of sp³-hybridized carbons (Fsp3) is 0.933. The summed E-state index contributed by atoms with van der Waals surface area (Å²) in [5.74, 6) is 1.47. The smallest absolute Gasteiger partial charge is 0.230 e. The van der Waals surface area contributed by atoms with E-state index >= 15 is 0 Å². The minimum Gasteiger partial charge on any atom is -0.374 e. The molecule has 0 aromatic rings. The SMILES string of the molecule is CCC(CC)(CN)C(=O)N1CC2C3CCC(O3)C2C1.Cl. The number of fused-ring (bicyclic) bond motifs is 5. The van der Waals surface area contributed by atoms with Gasteiger partial charge < -0.3 is 15.4 Å². The van der Waals surface area contributed by atoms with E-state index in [1.807, 2.05) is 0 Å². The van der Waals surface area contributed by atoms with Gasteiger partial charge in [0, 0.05) is 31.5 Å². The van der Waals surface area contributed by atoms with Gasteiger partial charge in [-0.25, -0.2) is 0 Å². The lowest BCUT2D eigenvalue weighted by Crippen LogP contribution is -2.47. The van der Waals surface area contributed by atoms with Crippen LogP contribution in [0.3, 0.4) is 0 Å². The molecule has 0 aromatic carbocycles. The average Bonchev–Trinajstić information content (AvgIpc) is 3.13. The van der Waals surface area contributed by atoms with Gasteiger partial charge in [0.1, 0.15) is 0 Å². The third-order valence-electron chi connectivity index (χ3n) is 5.94. The first-order chi connectivity index (χ1) is 9.15. The Kier molecular flexibility index (Phi) is 4.67. The molecule has 0 saturated carbocycles. The Hall–Kier alpha value is -0.320. The summed E-state index contributed by atoms with van der Waals surface area (Å²) >= 11 is 0. The first kappa shape index (κ1) is 16.1. The Balaban J connectivity index is 0.00000147. The van der Waals surface area contributed by atoms with Gasteiger partial charge in [0.05, 0.1) is 17.6 Å². The second kappa shape index (κ2) is 5.82. The van der Waals surface area contributed by atoms with E-state index in [1.165, 1.54) is 12.8 Å². The second-order valence-electron chi connectivity index (χ2n) is 6.52. The van der Waals surface area contributed by atoms with Crippen LogP contribution < -0.4 is 5.73 Å². The zero-order valence-corrected chi connectivity index (χ0v) is 13.3. The summed E-state index contributed by atoms with van der Waals surface area (Å²) in [6.45, 7) is 6.42. The number of hydrogen-bond donors (Lipinski definition) is 1. The summed E-state index contributed by atoms with van der Waals surface area (Å²) in [5, 5.41) is 0. The number of amides is 1. The van der Waals surface area contributed by atoms with Gasteiger partial charge in [-0.2, -0.15) is 0 Å². The van der Waals surface area contributed by atoms with Crippen molar-refractivity contribution in [2.24, 2.45) is 23.0 Å². The molecule has 3 fully saturated rings. The fourth-order valence-electron chi connectivity index (χ4n) is 4.39. The normalized spacial score (nSPS) is 35.0. The Morgan fingerprint density at radius 1 is 1.20 bits per heavy atom. The molecule has 3 aliphatic rings. The van der Waals surface area contributed by atoms with E-state index in [4.69, 9.17) is 10.5 Å². The molecular formula is C15H27ClN2O2. The summed E-state index contributed by atoms with van der Waals surface area (Å²) < 4.78 is 5.97. The number of carbonyl (C=O) groups is 1. The summed E-state index contributed by atoms with van der Waals surface area (Å²) in [7, 11) is 0. The number of hydrogen-bond acceptors (Lipinski definition) is 3. The van der Waals surface area contributed by atoms with E-state index in [2.05, 4.69) is 18.7 Å². The molecular weight excluding hydrogens is 276 g/mol. The van der Waals surface area contributed by atoms with E-state index in [9.17, 15) is 4.79 Å². The minimum atomic E-state index is -0.335. The van der Waals surface area contributed by atoms with Crippen molar-refractivity contribution in [2.75, 3.05) is 19.6 Å². The first-order valence-corrected chi connectivity index (χ1v) is 7.80. The van der Waals surface area contributed by atoms with Crippen LogP contribution in [0.25, 0.3) is 0 Å². The molecule has 2 bridgehead atoms. The molecule has 3 heterocycles. The number of rotatable bonds is 4. The van der Waals surface area contributed by atoms with Crippen LogP contribution in [0.5, 0.6) is 0 Å². The molecule has 5 heteroatoms. The molecule has 3 aliphatic heterocycles. The molecule has 0 radical (unpaired) electrons. The van der Waals surface area contributed by atoms with Crippen LogP contribution in [0, 0.1) is 17.3 Å². The summed E-state index contributed by atoms with van der Waals surface area (Å²) in [6.07, 6.45) is 4.91. The number of ether oxygens (including phenoxy) is 1. The van der Waals surface area contributed by atoms with Crippen LogP contribution in [0.15, 0.2) is 0 Å². The van der Waals surface area contributed by atoms with Crippen LogP contribution in [-0.4, -0.2) is 42.6 Å². The van der Waals surface area contributed by atoms with Crippen molar-refractivity contribution >= 4 is 18.3 Å². The molecule has 4 atom stereocenters. The van der Waals surface area contributed by atoms with Crippen LogP contribution in [0.4, 0.5) is 0 Å². The molecule has 0 aliphatic carbocycles. The Bertz CT molecular complexity index is 347. The van der Waals surface area contributed by atoms with Crippen molar-refractivity contribution in [1.82, 2.24) is 4.90 Å². The molecule has 0 aromatic heterocycles. The van der Waals surface area contributed by atoms with Crippen molar-refractivity contribution in [3.63, 3.8) is 0 Å². The molecule has 3 rings (SSSR count). The standard InChI is InChI=1S/C15H26N2O2.ClH/c1-3-15(4-2,9-16)14(18)17-7-10-11(8-17)13-6-5-12(10)19-13;/h10-13H,3-9,16H2,1-2H3;1H. The monoisotopic (exact) mass is 302 g/mol. The van der Waals surface area contributed by atoms with Gasteiger partial charge in [-0.1, -0.05) is 13.8 Å². The molecule has 20 heavy (non-hydrogen) atoms. The zero-order chi connectivity index (χ0) is 13.6. The van der Waals surface area contributed by atoms with Gasteiger partial charge in [-0.05, 0) is 25.7 Å². The Morgan fingerprint density at radius 2 is 1.70 bits per heavy atom. The highest BCUT2D eigenvalue weighted by atomic mass is 35.5. The quantitative estimate of drug-likeness (QED) is 0.862. The highest BCUT2D eigenvalue weighted by molar-refractivity contribution is 5.85. The lowest BCUT2D eigenvalue weighted by molar-refractivity contribution is -0.141. The molecule has 4 nitrogen and oxygen atoms in total. The maximum absolute atomic E-state index is 12.8.